The summed E-state index contributed by atoms with van der Waals surface area (Å²) in [6.07, 6.45) is 0. The molecule has 23 heavy (non-hydrogen) atoms. The number of hydrogen-bond donors (Lipinski definition) is 3. The van der Waals surface area contributed by atoms with E-state index >= 15 is 0 Å². The van der Waals surface area contributed by atoms with Crippen molar-refractivity contribution in [1.29, 1.82) is 0 Å². The van der Waals surface area contributed by atoms with Crippen LogP contribution in [0.15, 0.2) is 42.5 Å². The summed E-state index contributed by atoms with van der Waals surface area (Å²) in [6, 6.07) is 10.1. The Bertz CT molecular complexity index is 1000. The summed E-state index contributed by atoms with van der Waals surface area (Å²) in [5.41, 5.74) is -0.229. The van der Waals surface area contributed by atoms with E-state index in [2.05, 4.69) is 0 Å². The van der Waals surface area contributed by atoms with Gasteiger partial charge < -0.3 is 15.3 Å². The molecule has 0 bridgehead atoms. The van der Waals surface area contributed by atoms with Crippen LogP contribution < -0.4 is 0 Å². The van der Waals surface area contributed by atoms with Crippen LogP contribution in [0.4, 0.5) is 0 Å². The molecule has 3 aromatic carbocycles. The molecule has 0 saturated heterocycles. The summed E-state index contributed by atoms with van der Waals surface area (Å²) < 4.78 is 0. The maximum atomic E-state index is 11.4. The molecule has 6 nitrogen and oxygen atoms in total. The van der Waals surface area contributed by atoms with Gasteiger partial charge in [0.15, 0.2) is 0 Å². The highest BCUT2D eigenvalue weighted by molar-refractivity contribution is 6.18. The molecule has 0 aliphatic rings. The van der Waals surface area contributed by atoms with Crippen LogP contribution in [0.1, 0.15) is 31.1 Å². The molecule has 0 aromatic heterocycles. The molecule has 0 atom stereocenters. The Morgan fingerprint density at radius 1 is 0.609 bits per heavy atom. The highest BCUT2D eigenvalue weighted by Gasteiger charge is 2.17. The lowest BCUT2D eigenvalue weighted by Crippen LogP contribution is -2.04. The van der Waals surface area contributed by atoms with Gasteiger partial charge in [-0.15, -0.1) is 0 Å². The molecule has 0 amide bonds. The number of rotatable bonds is 3. The van der Waals surface area contributed by atoms with E-state index < -0.39 is 17.9 Å². The lowest BCUT2D eigenvalue weighted by atomic mass is 9.94. The predicted molar refractivity (Wildman–Crippen MR) is 82.3 cm³/mol. The molecule has 0 saturated carbocycles. The Balaban J connectivity index is 2.53. The van der Waals surface area contributed by atoms with Gasteiger partial charge in [-0.05, 0) is 39.7 Å². The van der Waals surface area contributed by atoms with Crippen molar-refractivity contribution in [2.75, 3.05) is 0 Å². The minimum absolute atomic E-state index is 0.0713. The Morgan fingerprint density at radius 2 is 1.22 bits per heavy atom. The van der Waals surface area contributed by atoms with Crippen LogP contribution in [0, 0.1) is 0 Å². The first-order valence-corrected chi connectivity index (χ1v) is 6.59. The van der Waals surface area contributed by atoms with Gasteiger partial charge in [0.1, 0.15) is 0 Å². The maximum Gasteiger partial charge on any atom is 0.336 e. The highest BCUT2D eigenvalue weighted by Crippen LogP contribution is 2.31. The fourth-order valence-corrected chi connectivity index (χ4v) is 2.69. The monoisotopic (exact) mass is 310 g/mol. The van der Waals surface area contributed by atoms with Gasteiger partial charge in [-0.1, -0.05) is 24.3 Å². The lowest BCUT2D eigenvalue weighted by molar-refractivity contribution is 0.0683. The molecule has 6 heteroatoms. The van der Waals surface area contributed by atoms with E-state index in [0.29, 0.717) is 21.5 Å². The topological polar surface area (TPSA) is 112 Å². The summed E-state index contributed by atoms with van der Waals surface area (Å²) >= 11 is 0. The Labute approximate surface area is 129 Å². The lowest BCUT2D eigenvalue weighted by Gasteiger charge is -2.10. The highest BCUT2D eigenvalue weighted by atomic mass is 16.4. The van der Waals surface area contributed by atoms with E-state index in [-0.39, 0.29) is 16.7 Å². The van der Waals surface area contributed by atoms with Crippen LogP contribution in [0.25, 0.3) is 21.5 Å². The van der Waals surface area contributed by atoms with Crippen LogP contribution in [0.5, 0.6) is 0 Å². The SMILES string of the molecule is O=C(O)c1cc(C(=O)O)c2ccc3c(C(=O)O)cccc3c2c1. The van der Waals surface area contributed by atoms with Crippen LogP contribution in [0.3, 0.4) is 0 Å². The zero-order valence-corrected chi connectivity index (χ0v) is 11.6. The maximum absolute atomic E-state index is 11.4. The van der Waals surface area contributed by atoms with Gasteiger partial charge in [-0.3, -0.25) is 0 Å². The van der Waals surface area contributed by atoms with Crippen molar-refractivity contribution < 1.29 is 29.7 Å². The number of aromatic carboxylic acids is 3. The van der Waals surface area contributed by atoms with Crippen molar-refractivity contribution >= 4 is 39.5 Å². The van der Waals surface area contributed by atoms with Gasteiger partial charge >= 0.3 is 17.9 Å². The van der Waals surface area contributed by atoms with Crippen molar-refractivity contribution in [3.05, 3.63) is 59.2 Å². The summed E-state index contributed by atoms with van der Waals surface area (Å²) in [6.45, 7) is 0. The third-order valence-corrected chi connectivity index (χ3v) is 3.70. The standard InChI is InChI=1S/C17H10O6/c18-15(19)8-6-13-9-2-1-3-12(16(20)21)10(9)4-5-11(13)14(7-8)17(22)23/h1-7H,(H,18,19)(H,20,21)(H,22,23). The quantitative estimate of drug-likeness (QED) is 0.641. The van der Waals surface area contributed by atoms with Gasteiger partial charge in [0.05, 0.1) is 16.7 Å². The Kier molecular flexibility index (Phi) is 3.22. The third-order valence-electron chi connectivity index (χ3n) is 3.70. The van der Waals surface area contributed by atoms with E-state index in [1.165, 1.54) is 24.3 Å². The zero-order chi connectivity index (χ0) is 16.7. The van der Waals surface area contributed by atoms with Crippen LogP contribution in [-0.2, 0) is 0 Å². The van der Waals surface area contributed by atoms with E-state index in [1.54, 1.807) is 12.1 Å². The molecule has 3 rings (SSSR count). The van der Waals surface area contributed by atoms with Gasteiger partial charge in [-0.2, -0.15) is 0 Å². The summed E-state index contributed by atoms with van der Waals surface area (Å²) in [7, 11) is 0. The third kappa shape index (κ3) is 2.26. The molecule has 3 aromatic rings. The van der Waals surface area contributed by atoms with Crippen LogP contribution in [-0.4, -0.2) is 33.2 Å². The van der Waals surface area contributed by atoms with E-state index in [4.69, 9.17) is 0 Å². The second kappa shape index (κ2) is 5.10. The second-order valence-electron chi connectivity index (χ2n) is 5.00. The van der Waals surface area contributed by atoms with Crippen LogP contribution >= 0.6 is 0 Å². The van der Waals surface area contributed by atoms with Crippen LogP contribution in [0.2, 0.25) is 0 Å². The molecular formula is C17H10O6. The second-order valence-corrected chi connectivity index (χ2v) is 5.00. The molecule has 0 heterocycles. The number of benzene rings is 3. The van der Waals surface area contributed by atoms with Gasteiger partial charge in [0.25, 0.3) is 0 Å². The Morgan fingerprint density at radius 3 is 1.78 bits per heavy atom. The summed E-state index contributed by atoms with van der Waals surface area (Å²) in [4.78, 5) is 34.0. The average molecular weight is 310 g/mol. The van der Waals surface area contributed by atoms with E-state index in [9.17, 15) is 29.7 Å². The summed E-state index contributed by atoms with van der Waals surface area (Å²) in [5.74, 6) is -3.60. The molecule has 0 radical (unpaired) electrons. The first-order chi connectivity index (χ1) is 10.9. The van der Waals surface area contributed by atoms with Crippen molar-refractivity contribution in [1.82, 2.24) is 0 Å². The van der Waals surface area contributed by atoms with Gasteiger partial charge in [-0.25, -0.2) is 14.4 Å². The first-order valence-electron chi connectivity index (χ1n) is 6.59. The van der Waals surface area contributed by atoms with Crippen molar-refractivity contribution in [2.24, 2.45) is 0 Å². The number of hydrogen-bond acceptors (Lipinski definition) is 3. The summed E-state index contributed by atoms with van der Waals surface area (Å²) in [5, 5.41) is 29.4. The zero-order valence-electron chi connectivity index (χ0n) is 11.6. The van der Waals surface area contributed by atoms with E-state index in [1.807, 2.05) is 0 Å². The molecule has 114 valence electrons. The average Bonchev–Trinajstić information content (AvgIpc) is 2.52. The molecule has 0 spiro atoms. The van der Waals surface area contributed by atoms with Gasteiger partial charge in [0, 0.05) is 0 Å². The number of fused-ring (bicyclic) bond motifs is 3. The molecule has 3 N–H and O–H groups in total. The first kappa shape index (κ1) is 14.5. The van der Waals surface area contributed by atoms with Crippen molar-refractivity contribution in [3.63, 3.8) is 0 Å². The number of carbonyl (C=O) groups is 3. The molecular weight excluding hydrogens is 300 g/mol. The normalized spacial score (nSPS) is 10.8. The largest absolute Gasteiger partial charge is 0.478 e. The minimum Gasteiger partial charge on any atom is -0.478 e. The fourth-order valence-electron chi connectivity index (χ4n) is 2.69. The molecule has 0 unspecified atom stereocenters. The Hall–Kier alpha value is -3.41. The minimum atomic E-state index is -1.25. The fraction of sp³-hybridized carbons (Fsp3) is 0. The molecule has 0 aliphatic heterocycles. The van der Waals surface area contributed by atoms with E-state index in [0.717, 1.165) is 6.07 Å². The molecule has 0 aliphatic carbocycles. The predicted octanol–water partition coefficient (Wildman–Crippen LogP) is 3.09. The number of carboxylic acid groups (broad SMARTS) is 3. The smallest absolute Gasteiger partial charge is 0.336 e. The van der Waals surface area contributed by atoms with Gasteiger partial charge in [0.2, 0.25) is 0 Å². The van der Waals surface area contributed by atoms with Crippen molar-refractivity contribution in [3.8, 4) is 0 Å². The van der Waals surface area contributed by atoms with Crippen molar-refractivity contribution in [2.45, 2.75) is 0 Å². The number of carboxylic acids is 3. The molecule has 0 fully saturated rings.